The van der Waals surface area contributed by atoms with E-state index in [0.29, 0.717) is 23.2 Å². The summed E-state index contributed by atoms with van der Waals surface area (Å²) >= 11 is 0. The van der Waals surface area contributed by atoms with Gasteiger partial charge in [-0.25, -0.2) is 4.39 Å². The highest BCUT2D eigenvalue weighted by Gasteiger charge is 2.16. The molecule has 0 radical (unpaired) electrons. The Morgan fingerprint density at radius 1 is 1.29 bits per heavy atom. The van der Waals surface area contributed by atoms with Crippen LogP contribution in [0.2, 0.25) is 0 Å². The Bertz CT molecular complexity index is 389. The third-order valence-corrected chi connectivity index (χ3v) is 3.28. The zero-order chi connectivity index (χ0) is 12.3. The molecule has 0 saturated heterocycles. The van der Waals surface area contributed by atoms with E-state index in [2.05, 4.69) is 5.32 Å². The molecule has 17 heavy (non-hydrogen) atoms. The predicted molar refractivity (Wildman–Crippen MR) is 67.9 cm³/mol. The second kappa shape index (κ2) is 5.25. The number of rotatable bonds is 3. The Labute approximate surface area is 101 Å². The van der Waals surface area contributed by atoms with E-state index in [9.17, 15) is 4.39 Å². The molecule has 1 aromatic carbocycles. The van der Waals surface area contributed by atoms with Gasteiger partial charge in [0.15, 0.2) is 0 Å². The number of benzene rings is 1. The molecule has 3 N–H and O–H groups in total. The number of nitrogen functional groups attached to an aromatic ring is 1. The molecule has 3 nitrogen and oxygen atoms in total. The van der Waals surface area contributed by atoms with E-state index in [4.69, 9.17) is 10.5 Å². The van der Waals surface area contributed by atoms with Gasteiger partial charge in [-0.2, -0.15) is 0 Å². The maximum atomic E-state index is 13.7. The number of hydrogen-bond donors (Lipinski definition) is 2. The zero-order valence-electron chi connectivity index (χ0n) is 10.1. The summed E-state index contributed by atoms with van der Waals surface area (Å²) < 4.78 is 18.8. The van der Waals surface area contributed by atoms with Crippen molar-refractivity contribution in [3.63, 3.8) is 0 Å². The van der Waals surface area contributed by atoms with Crippen LogP contribution in [0, 0.1) is 5.82 Å². The van der Waals surface area contributed by atoms with Gasteiger partial charge in [0, 0.05) is 18.2 Å². The van der Waals surface area contributed by atoms with E-state index in [-0.39, 0.29) is 5.82 Å². The van der Waals surface area contributed by atoms with Crippen LogP contribution >= 0.6 is 0 Å². The minimum absolute atomic E-state index is 0.311. The number of methoxy groups -OCH3 is 1. The second-order valence-corrected chi connectivity index (χ2v) is 4.55. The summed E-state index contributed by atoms with van der Waals surface area (Å²) in [6, 6.07) is 3.31. The minimum Gasteiger partial charge on any atom is -0.495 e. The summed E-state index contributed by atoms with van der Waals surface area (Å²) in [6.07, 6.45) is 5.92. The molecule has 1 aliphatic rings. The van der Waals surface area contributed by atoms with Crippen LogP contribution in [0.3, 0.4) is 0 Å². The summed E-state index contributed by atoms with van der Waals surface area (Å²) in [5.74, 6) is 0.207. The third kappa shape index (κ3) is 2.81. The van der Waals surface area contributed by atoms with Gasteiger partial charge >= 0.3 is 0 Å². The Hall–Kier alpha value is -1.45. The molecule has 0 heterocycles. The van der Waals surface area contributed by atoms with Crippen LogP contribution in [-0.4, -0.2) is 13.2 Å². The fraction of sp³-hybridized carbons (Fsp3) is 0.538. The van der Waals surface area contributed by atoms with Gasteiger partial charge in [0.25, 0.3) is 0 Å². The molecule has 0 spiro atoms. The van der Waals surface area contributed by atoms with Gasteiger partial charge in [-0.15, -0.1) is 0 Å². The van der Waals surface area contributed by atoms with Crippen molar-refractivity contribution in [3.05, 3.63) is 17.9 Å². The Balaban J connectivity index is 2.13. The molecule has 0 aliphatic heterocycles. The number of halogens is 1. The molecule has 1 aliphatic carbocycles. The molecular weight excluding hydrogens is 219 g/mol. The van der Waals surface area contributed by atoms with Crippen molar-refractivity contribution in [2.24, 2.45) is 0 Å². The van der Waals surface area contributed by atoms with Crippen molar-refractivity contribution >= 4 is 11.4 Å². The van der Waals surface area contributed by atoms with Gasteiger partial charge in [0.1, 0.15) is 11.6 Å². The molecule has 0 aromatic heterocycles. The maximum Gasteiger partial charge on any atom is 0.148 e. The highest BCUT2D eigenvalue weighted by Crippen LogP contribution is 2.30. The number of nitrogens with two attached hydrogens (primary N) is 1. The number of anilines is 2. The van der Waals surface area contributed by atoms with Crippen LogP contribution in [0.5, 0.6) is 5.75 Å². The van der Waals surface area contributed by atoms with Gasteiger partial charge in [0.2, 0.25) is 0 Å². The number of ether oxygens (including phenoxy) is 1. The van der Waals surface area contributed by atoms with Crippen LogP contribution in [0.4, 0.5) is 15.8 Å². The lowest BCUT2D eigenvalue weighted by Crippen LogP contribution is -2.22. The Morgan fingerprint density at radius 2 is 2.00 bits per heavy atom. The van der Waals surface area contributed by atoms with E-state index in [1.807, 2.05) is 0 Å². The van der Waals surface area contributed by atoms with Crippen molar-refractivity contribution in [3.8, 4) is 5.75 Å². The van der Waals surface area contributed by atoms with Crippen LogP contribution in [0.1, 0.15) is 32.1 Å². The zero-order valence-corrected chi connectivity index (χ0v) is 10.1. The standard InChI is InChI=1S/C13H19FN2O/c1-17-13-8-12(10(14)7-11(13)15)16-9-5-3-2-4-6-9/h7-9,16H,2-6,15H2,1H3. The monoisotopic (exact) mass is 238 g/mol. The first-order valence-corrected chi connectivity index (χ1v) is 6.10. The fourth-order valence-electron chi connectivity index (χ4n) is 2.32. The summed E-state index contributed by atoms with van der Waals surface area (Å²) in [6.45, 7) is 0. The summed E-state index contributed by atoms with van der Waals surface area (Å²) in [4.78, 5) is 0. The SMILES string of the molecule is COc1cc(NC2CCCCC2)c(F)cc1N. The number of hydrogen-bond acceptors (Lipinski definition) is 3. The maximum absolute atomic E-state index is 13.7. The first-order valence-electron chi connectivity index (χ1n) is 6.10. The first kappa shape index (κ1) is 12.0. The summed E-state index contributed by atoms with van der Waals surface area (Å²) in [7, 11) is 1.54. The molecule has 1 fully saturated rings. The average molecular weight is 238 g/mol. The highest BCUT2D eigenvalue weighted by atomic mass is 19.1. The van der Waals surface area contributed by atoms with Crippen molar-refractivity contribution < 1.29 is 9.13 Å². The van der Waals surface area contributed by atoms with Gasteiger partial charge in [0.05, 0.1) is 18.5 Å². The molecule has 0 amide bonds. The van der Waals surface area contributed by atoms with Crippen LogP contribution in [0.15, 0.2) is 12.1 Å². The van der Waals surface area contributed by atoms with E-state index in [1.54, 1.807) is 6.07 Å². The minimum atomic E-state index is -0.311. The van der Waals surface area contributed by atoms with E-state index < -0.39 is 0 Å². The normalized spacial score (nSPS) is 16.8. The largest absolute Gasteiger partial charge is 0.495 e. The van der Waals surface area contributed by atoms with Crippen molar-refractivity contribution in [1.29, 1.82) is 0 Å². The van der Waals surface area contributed by atoms with Crippen LogP contribution in [-0.2, 0) is 0 Å². The van der Waals surface area contributed by atoms with Crippen LogP contribution < -0.4 is 15.8 Å². The lowest BCUT2D eigenvalue weighted by Gasteiger charge is -2.24. The second-order valence-electron chi connectivity index (χ2n) is 4.55. The smallest absolute Gasteiger partial charge is 0.148 e. The summed E-state index contributed by atoms with van der Waals surface area (Å²) in [5, 5.41) is 3.24. The Kier molecular flexibility index (Phi) is 3.71. The summed E-state index contributed by atoms with van der Waals surface area (Å²) in [5.41, 5.74) is 6.46. The average Bonchev–Trinajstić information content (AvgIpc) is 2.34. The lowest BCUT2D eigenvalue weighted by atomic mass is 9.95. The molecular formula is C13H19FN2O. The number of nitrogens with one attached hydrogen (secondary N) is 1. The molecule has 0 unspecified atom stereocenters. The van der Waals surface area contributed by atoms with Crippen molar-refractivity contribution in [2.75, 3.05) is 18.2 Å². The van der Waals surface area contributed by atoms with Crippen LogP contribution in [0.25, 0.3) is 0 Å². The molecule has 1 saturated carbocycles. The van der Waals surface area contributed by atoms with Crippen molar-refractivity contribution in [2.45, 2.75) is 38.1 Å². The van der Waals surface area contributed by atoms with E-state index in [0.717, 1.165) is 12.8 Å². The van der Waals surface area contributed by atoms with Crippen molar-refractivity contribution in [1.82, 2.24) is 0 Å². The topological polar surface area (TPSA) is 47.3 Å². The van der Waals surface area contributed by atoms with Gasteiger partial charge in [-0.05, 0) is 12.8 Å². The highest BCUT2D eigenvalue weighted by molar-refractivity contribution is 5.62. The molecule has 1 aromatic rings. The fourth-order valence-corrected chi connectivity index (χ4v) is 2.32. The first-order chi connectivity index (χ1) is 8.20. The Morgan fingerprint density at radius 3 is 2.65 bits per heavy atom. The molecule has 2 rings (SSSR count). The third-order valence-electron chi connectivity index (χ3n) is 3.28. The quantitative estimate of drug-likeness (QED) is 0.795. The van der Waals surface area contributed by atoms with Gasteiger partial charge in [-0.3, -0.25) is 0 Å². The molecule has 4 heteroatoms. The van der Waals surface area contributed by atoms with Gasteiger partial charge in [-0.1, -0.05) is 19.3 Å². The lowest BCUT2D eigenvalue weighted by molar-refractivity contribution is 0.415. The van der Waals surface area contributed by atoms with E-state index >= 15 is 0 Å². The molecule has 0 bridgehead atoms. The molecule has 0 atom stereocenters. The predicted octanol–water partition coefficient (Wildman–Crippen LogP) is 3.16. The molecule has 94 valence electrons. The van der Waals surface area contributed by atoms with E-state index in [1.165, 1.54) is 32.4 Å². The van der Waals surface area contributed by atoms with Gasteiger partial charge < -0.3 is 15.8 Å².